The van der Waals surface area contributed by atoms with Gasteiger partial charge in [-0.15, -0.1) is 0 Å². The summed E-state index contributed by atoms with van der Waals surface area (Å²) in [4.78, 5) is 20.9. The topological polar surface area (TPSA) is 195 Å². The van der Waals surface area contributed by atoms with E-state index < -0.39 is 0 Å². The Kier molecular flexibility index (Phi) is 51.1. The van der Waals surface area contributed by atoms with Crippen LogP contribution in [-0.4, -0.2) is 191 Å². The molecule has 0 saturated carbocycles. The van der Waals surface area contributed by atoms with Gasteiger partial charge in [0.05, 0.1) is 152 Å². The largest absolute Gasteiger partial charge is 0.382 e. The highest BCUT2D eigenvalue weighted by Crippen LogP contribution is 1.92. The Morgan fingerprint density at radius 3 is 1.06 bits per heavy atom. The van der Waals surface area contributed by atoms with E-state index in [0.717, 1.165) is 25.8 Å². The van der Waals surface area contributed by atoms with Gasteiger partial charge in [-0.2, -0.15) is 0 Å². The molecule has 0 unspecified atom stereocenters. The summed E-state index contributed by atoms with van der Waals surface area (Å²) in [6, 6.07) is 0. The number of rotatable bonds is 43. The summed E-state index contributed by atoms with van der Waals surface area (Å²) in [7, 11) is 1.64. The summed E-state index contributed by atoms with van der Waals surface area (Å²) in [6.07, 6.45) is 4.02. The van der Waals surface area contributed by atoms with Gasteiger partial charge in [0.2, 0.25) is 12.3 Å². The van der Waals surface area contributed by atoms with E-state index in [-0.39, 0.29) is 5.91 Å². The molecule has 0 saturated heterocycles. The second-order valence-corrected chi connectivity index (χ2v) is 10.4. The van der Waals surface area contributed by atoms with Crippen molar-refractivity contribution in [3.05, 3.63) is 0 Å². The van der Waals surface area contributed by atoms with E-state index in [4.69, 9.17) is 62.6 Å². The third-order valence-electron chi connectivity index (χ3n) is 6.12. The van der Waals surface area contributed by atoms with Crippen LogP contribution in [0.5, 0.6) is 0 Å². The maximum absolute atomic E-state index is 11.7. The van der Waals surface area contributed by atoms with Crippen molar-refractivity contribution < 1.29 is 66.4 Å². The van der Waals surface area contributed by atoms with Crippen molar-refractivity contribution in [2.45, 2.75) is 32.6 Å². The minimum absolute atomic E-state index is 0.00883. The molecule has 0 spiro atoms. The second kappa shape index (κ2) is 50.5. The molecule has 4 N–H and O–H groups in total. The lowest BCUT2D eigenvalue weighted by Crippen LogP contribution is -2.25. The standard InChI is InChI=1S/C31H64N2O13.C3H7NO/c1-35-9-10-37-13-14-39-17-18-41-21-22-43-25-26-45-29-30-46-28-27-44-24-23-42-20-19-40-16-15-38-12-11-36-8-5-31(34)33-7-4-2-3-6-32;1-2-4-3-5/h2-30,32H2,1H3,(H,33,34);3H,2H2,1H3,(H,4,5). The maximum atomic E-state index is 11.7. The molecule has 0 atom stereocenters. The first kappa shape index (κ1) is 51.5. The van der Waals surface area contributed by atoms with Gasteiger partial charge < -0.3 is 73.2 Å². The molecule has 0 fully saturated rings. The Balaban J connectivity index is 0. The molecular formula is C34H71N3O14. The van der Waals surface area contributed by atoms with Crippen LogP contribution in [0.25, 0.3) is 0 Å². The molecule has 0 rings (SSSR count). The van der Waals surface area contributed by atoms with Crippen LogP contribution in [-0.2, 0) is 66.4 Å². The molecule has 0 aromatic rings. The number of nitrogens with two attached hydrogens (primary N) is 1. The first-order valence-corrected chi connectivity index (χ1v) is 18.2. The molecule has 0 aromatic heterocycles. The second-order valence-electron chi connectivity index (χ2n) is 10.4. The summed E-state index contributed by atoms with van der Waals surface area (Å²) in [5.41, 5.74) is 5.44. The van der Waals surface area contributed by atoms with Crippen molar-refractivity contribution in [2.24, 2.45) is 5.73 Å². The van der Waals surface area contributed by atoms with E-state index >= 15 is 0 Å². The van der Waals surface area contributed by atoms with Crippen molar-refractivity contribution in [1.29, 1.82) is 0 Å². The number of ether oxygens (including phenoxy) is 12. The van der Waals surface area contributed by atoms with E-state index in [0.29, 0.717) is 178 Å². The Morgan fingerprint density at radius 2 is 0.804 bits per heavy atom. The molecule has 0 aliphatic rings. The number of carbonyl (C=O) groups is 2. The lowest BCUT2D eigenvalue weighted by molar-refractivity contribution is -0.122. The molecule has 17 heteroatoms. The van der Waals surface area contributed by atoms with Crippen molar-refractivity contribution in [1.82, 2.24) is 10.6 Å². The van der Waals surface area contributed by atoms with Crippen molar-refractivity contribution in [2.75, 3.05) is 179 Å². The van der Waals surface area contributed by atoms with Crippen molar-refractivity contribution in [3.8, 4) is 0 Å². The van der Waals surface area contributed by atoms with Gasteiger partial charge in [-0.05, 0) is 26.3 Å². The SMILES string of the molecule is CCNC=O.COCCOCCOCCOCCOCCOCCOCCOCCOCCOCCOCCOCCC(=O)NCCCCCN. The van der Waals surface area contributed by atoms with E-state index in [1.165, 1.54) is 0 Å². The summed E-state index contributed by atoms with van der Waals surface area (Å²) in [5, 5.41) is 5.30. The fourth-order valence-corrected chi connectivity index (χ4v) is 3.45. The third-order valence-corrected chi connectivity index (χ3v) is 6.12. The number of hydrogen-bond donors (Lipinski definition) is 3. The zero-order chi connectivity index (χ0) is 37.4. The maximum Gasteiger partial charge on any atom is 0.222 e. The van der Waals surface area contributed by atoms with E-state index in [1.54, 1.807) is 7.11 Å². The third kappa shape index (κ3) is 52.9. The number of amides is 2. The van der Waals surface area contributed by atoms with Crippen LogP contribution in [0.15, 0.2) is 0 Å². The van der Waals surface area contributed by atoms with Crippen LogP contribution in [0.4, 0.5) is 0 Å². The lowest BCUT2D eigenvalue weighted by Gasteiger charge is -2.09. The molecule has 0 radical (unpaired) electrons. The minimum atomic E-state index is 0.00883. The van der Waals surface area contributed by atoms with E-state index in [9.17, 15) is 9.59 Å². The van der Waals surface area contributed by atoms with Gasteiger partial charge in [0.1, 0.15) is 0 Å². The van der Waals surface area contributed by atoms with Crippen LogP contribution < -0.4 is 16.4 Å². The highest BCUT2D eigenvalue weighted by Gasteiger charge is 2.01. The predicted molar refractivity (Wildman–Crippen MR) is 191 cm³/mol. The molecule has 17 nitrogen and oxygen atoms in total. The molecular weight excluding hydrogens is 674 g/mol. The lowest BCUT2D eigenvalue weighted by atomic mass is 10.2. The van der Waals surface area contributed by atoms with Gasteiger partial charge in [-0.3, -0.25) is 9.59 Å². The van der Waals surface area contributed by atoms with Crippen molar-refractivity contribution in [3.63, 3.8) is 0 Å². The van der Waals surface area contributed by atoms with E-state index in [2.05, 4.69) is 10.6 Å². The van der Waals surface area contributed by atoms with Gasteiger partial charge in [0.15, 0.2) is 0 Å². The fourth-order valence-electron chi connectivity index (χ4n) is 3.45. The monoisotopic (exact) mass is 745 g/mol. The number of hydrogen-bond acceptors (Lipinski definition) is 15. The van der Waals surface area contributed by atoms with Crippen LogP contribution in [0.2, 0.25) is 0 Å². The average Bonchev–Trinajstić information content (AvgIpc) is 3.13. The minimum Gasteiger partial charge on any atom is -0.382 e. The van der Waals surface area contributed by atoms with Crippen LogP contribution in [0.1, 0.15) is 32.6 Å². The smallest absolute Gasteiger partial charge is 0.222 e. The highest BCUT2D eigenvalue weighted by atomic mass is 16.6. The number of nitrogens with one attached hydrogen (secondary N) is 2. The highest BCUT2D eigenvalue weighted by molar-refractivity contribution is 5.75. The zero-order valence-electron chi connectivity index (χ0n) is 31.6. The summed E-state index contributed by atoms with van der Waals surface area (Å²) >= 11 is 0. The molecule has 0 heterocycles. The molecule has 2 amide bonds. The predicted octanol–water partition coefficient (Wildman–Crippen LogP) is 0.203. The normalized spacial score (nSPS) is 11.0. The fraction of sp³-hybridized carbons (Fsp3) is 0.941. The Bertz CT molecular complexity index is 659. The summed E-state index contributed by atoms with van der Waals surface area (Å²) in [5.74, 6) is 0.00883. The summed E-state index contributed by atoms with van der Waals surface area (Å²) in [6.45, 7) is 15.6. The molecule has 0 aliphatic carbocycles. The molecule has 0 aliphatic heterocycles. The van der Waals surface area contributed by atoms with Gasteiger partial charge >= 0.3 is 0 Å². The first-order valence-electron chi connectivity index (χ1n) is 18.2. The Morgan fingerprint density at radius 1 is 0.490 bits per heavy atom. The Labute approximate surface area is 306 Å². The van der Waals surface area contributed by atoms with Gasteiger partial charge in [-0.25, -0.2) is 0 Å². The molecule has 0 bridgehead atoms. The van der Waals surface area contributed by atoms with Gasteiger partial charge in [-0.1, -0.05) is 6.42 Å². The summed E-state index contributed by atoms with van der Waals surface area (Å²) < 4.78 is 64.7. The zero-order valence-corrected chi connectivity index (χ0v) is 31.6. The Hall–Kier alpha value is -1.58. The number of unbranched alkanes of at least 4 members (excludes halogenated alkanes) is 2. The average molecular weight is 746 g/mol. The van der Waals surface area contributed by atoms with E-state index in [1.807, 2.05) is 6.92 Å². The van der Waals surface area contributed by atoms with Gasteiger partial charge in [0.25, 0.3) is 0 Å². The van der Waals surface area contributed by atoms with Crippen LogP contribution in [0, 0.1) is 0 Å². The molecule has 0 aromatic carbocycles. The number of methoxy groups -OCH3 is 1. The van der Waals surface area contributed by atoms with Crippen molar-refractivity contribution >= 4 is 12.3 Å². The molecule has 51 heavy (non-hydrogen) atoms. The quantitative estimate of drug-likeness (QED) is 0.0566. The first-order chi connectivity index (χ1) is 25.2. The van der Waals surface area contributed by atoms with Crippen LogP contribution in [0.3, 0.4) is 0 Å². The van der Waals surface area contributed by atoms with Gasteiger partial charge in [0, 0.05) is 26.6 Å². The van der Waals surface area contributed by atoms with Crippen LogP contribution >= 0.6 is 0 Å². The number of carbonyl (C=O) groups excluding carboxylic acids is 2. The molecule has 306 valence electrons.